The minimum Gasteiger partial charge on any atom is -0.334 e. The van der Waals surface area contributed by atoms with Crippen LogP contribution in [0.2, 0.25) is 5.15 Å². The number of amides is 1. The number of aromatic nitrogens is 1. The standard InChI is InChI=1S/C12H15ClN2O/c1-2-9-5-4-8-15(9)12(16)10-6-3-7-11(13)14-10/h3,6-7,9H,2,4-5,8H2,1H3. The molecule has 2 rings (SSSR count). The molecule has 0 saturated carbocycles. The first-order chi connectivity index (χ1) is 7.72. The summed E-state index contributed by atoms with van der Waals surface area (Å²) in [4.78, 5) is 18.1. The van der Waals surface area contributed by atoms with E-state index in [4.69, 9.17) is 11.6 Å². The topological polar surface area (TPSA) is 33.2 Å². The highest BCUT2D eigenvalue weighted by atomic mass is 35.5. The molecule has 1 amide bonds. The van der Waals surface area contributed by atoms with Crippen LogP contribution in [0.15, 0.2) is 18.2 Å². The molecule has 2 heterocycles. The summed E-state index contributed by atoms with van der Waals surface area (Å²) >= 11 is 5.78. The van der Waals surface area contributed by atoms with E-state index in [0.29, 0.717) is 16.9 Å². The van der Waals surface area contributed by atoms with Crippen LogP contribution in [0.5, 0.6) is 0 Å². The van der Waals surface area contributed by atoms with Crippen LogP contribution in [0, 0.1) is 0 Å². The molecule has 86 valence electrons. The van der Waals surface area contributed by atoms with E-state index >= 15 is 0 Å². The number of pyridine rings is 1. The Morgan fingerprint density at radius 1 is 1.62 bits per heavy atom. The van der Waals surface area contributed by atoms with E-state index in [1.54, 1.807) is 18.2 Å². The third-order valence-electron chi connectivity index (χ3n) is 3.04. The van der Waals surface area contributed by atoms with E-state index in [0.717, 1.165) is 25.8 Å². The molecule has 1 unspecified atom stereocenters. The van der Waals surface area contributed by atoms with Gasteiger partial charge in [0.1, 0.15) is 10.8 Å². The van der Waals surface area contributed by atoms with Gasteiger partial charge in [0.25, 0.3) is 5.91 Å². The van der Waals surface area contributed by atoms with Crippen LogP contribution in [0.4, 0.5) is 0 Å². The highest BCUT2D eigenvalue weighted by Crippen LogP contribution is 2.22. The lowest BCUT2D eigenvalue weighted by atomic mass is 10.1. The molecule has 0 N–H and O–H groups in total. The van der Waals surface area contributed by atoms with Gasteiger partial charge in [0.05, 0.1) is 0 Å². The van der Waals surface area contributed by atoms with Gasteiger partial charge < -0.3 is 4.90 Å². The Morgan fingerprint density at radius 2 is 2.44 bits per heavy atom. The number of halogens is 1. The quantitative estimate of drug-likeness (QED) is 0.743. The van der Waals surface area contributed by atoms with Gasteiger partial charge in [-0.15, -0.1) is 0 Å². The zero-order chi connectivity index (χ0) is 11.5. The van der Waals surface area contributed by atoms with Crippen molar-refractivity contribution in [2.45, 2.75) is 32.2 Å². The van der Waals surface area contributed by atoms with Crippen molar-refractivity contribution in [1.29, 1.82) is 0 Å². The first-order valence-electron chi connectivity index (χ1n) is 5.66. The number of hydrogen-bond acceptors (Lipinski definition) is 2. The van der Waals surface area contributed by atoms with Gasteiger partial charge in [0, 0.05) is 12.6 Å². The van der Waals surface area contributed by atoms with Crippen molar-refractivity contribution >= 4 is 17.5 Å². The zero-order valence-electron chi connectivity index (χ0n) is 9.32. The average molecular weight is 239 g/mol. The van der Waals surface area contributed by atoms with E-state index < -0.39 is 0 Å². The van der Waals surface area contributed by atoms with Crippen LogP contribution in [-0.2, 0) is 0 Å². The SMILES string of the molecule is CCC1CCCN1C(=O)c1cccc(Cl)n1. The molecule has 16 heavy (non-hydrogen) atoms. The maximum absolute atomic E-state index is 12.2. The van der Waals surface area contributed by atoms with Gasteiger partial charge in [-0.05, 0) is 31.4 Å². The highest BCUT2D eigenvalue weighted by Gasteiger charge is 2.28. The predicted octanol–water partition coefficient (Wildman–Crippen LogP) is 2.75. The highest BCUT2D eigenvalue weighted by molar-refractivity contribution is 6.29. The van der Waals surface area contributed by atoms with Crippen molar-refractivity contribution < 1.29 is 4.79 Å². The molecule has 0 aromatic carbocycles. The molecule has 4 heteroatoms. The van der Waals surface area contributed by atoms with E-state index in [9.17, 15) is 4.79 Å². The Balaban J connectivity index is 2.18. The summed E-state index contributed by atoms with van der Waals surface area (Å²) in [7, 11) is 0. The molecule has 1 aliphatic heterocycles. The minimum absolute atomic E-state index is 0.00634. The van der Waals surface area contributed by atoms with E-state index in [1.165, 1.54) is 0 Å². The Morgan fingerprint density at radius 3 is 3.12 bits per heavy atom. The lowest BCUT2D eigenvalue weighted by Gasteiger charge is -2.23. The van der Waals surface area contributed by atoms with Crippen LogP contribution in [0.1, 0.15) is 36.7 Å². The van der Waals surface area contributed by atoms with Crippen molar-refractivity contribution in [2.75, 3.05) is 6.54 Å². The fourth-order valence-electron chi connectivity index (χ4n) is 2.20. The largest absolute Gasteiger partial charge is 0.334 e. The molecule has 0 bridgehead atoms. The van der Waals surface area contributed by atoms with Gasteiger partial charge in [-0.25, -0.2) is 4.98 Å². The average Bonchev–Trinajstić information content (AvgIpc) is 2.76. The third kappa shape index (κ3) is 2.19. The second-order valence-electron chi connectivity index (χ2n) is 4.05. The van der Waals surface area contributed by atoms with Crippen LogP contribution in [0.25, 0.3) is 0 Å². The molecule has 1 aromatic rings. The summed E-state index contributed by atoms with van der Waals surface area (Å²) in [5.74, 6) is 0.00634. The number of likely N-dealkylation sites (tertiary alicyclic amines) is 1. The van der Waals surface area contributed by atoms with Gasteiger partial charge in [-0.3, -0.25) is 4.79 Å². The molecule has 0 aliphatic carbocycles. The Labute approximate surface area is 100 Å². The Hall–Kier alpha value is -1.09. The molecule has 1 aromatic heterocycles. The van der Waals surface area contributed by atoms with E-state index in [-0.39, 0.29) is 5.91 Å². The van der Waals surface area contributed by atoms with Crippen LogP contribution < -0.4 is 0 Å². The van der Waals surface area contributed by atoms with Gasteiger partial charge in [-0.1, -0.05) is 24.6 Å². The molecule has 1 fully saturated rings. The minimum atomic E-state index is 0.00634. The van der Waals surface area contributed by atoms with Gasteiger partial charge in [0.15, 0.2) is 0 Å². The first kappa shape index (κ1) is 11.4. The second kappa shape index (κ2) is 4.83. The third-order valence-corrected chi connectivity index (χ3v) is 3.25. The van der Waals surface area contributed by atoms with Crippen molar-refractivity contribution in [3.63, 3.8) is 0 Å². The number of nitrogens with zero attached hydrogens (tertiary/aromatic N) is 2. The van der Waals surface area contributed by atoms with Gasteiger partial charge >= 0.3 is 0 Å². The number of rotatable bonds is 2. The predicted molar refractivity (Wildman–Crippen MR) is 63.6 cm³/mol. The molecular weight excluding hydrogens is 224 g/mol. The molecule has 0 spiro atoms. The van der Waals surface area contributed by atoms with E-state index in [1.807, 2.05) is 4.90 Å². The lowest BCUT2D eigenvalue weighted by Crippen LogP contribution is -2.35. The molecule has 1 atom stereocenters. The second-order valence-corrected chi connectivity index (χ2v) is 4.44. The van der Waals surface area contributed by atoms with Crippen LogP contribution in [-0.4, -0.2) is 28.4 Å². The maximum Gasteiger partial charge on any atom is 0.272 e. The number of hydrogen-bond donors (Lipinski definition) is 0. The van der Waals surface area contributed by atoms with Crippen LogP contribution >= 0.6 is 11.6 Å². The fraction of sp³-hybridized carbons (Fsp3) is 0.500. The summed E-state index contributed by atoms with van der Waals surface area (Å²) in [6.07, 6.45) is 3.19. The smallest absolute Gasteiger partial charge is 0.272 e. The monoisotopic (exact) mass is 238 g/mol. The van der Waals surface area contributed by atoms with Gasteiger partial charge in [0.2, 0.25) is 0 Å². The Bertz CT molecular complexity index is 394. The summed E-state index contributed by atoms with van der Waals surface area (Å²) in [5, 5.41) is 0.373. The molecule has 1 aliphatic rings. The van der Waals surface area contributed by atoms with Crippen molar-refractivity contribution in [1.82, 2.24) is 9.88 Å². The Kier molecular flexibility index (Phi) is 3.44. The van der Waals surface area contributed by atoms with Crippen LogP contribution in [0.3, 0.4) is 0 Å². The van der Waals surface area contributed by atoms with Crippen molar-refractivity contribution in [3.8, 4) is 0 Å². The zero-order valence-corrected chi connectivity index (χ0v) is 10.1. The van der Waals surface area contributed by atoms with Crippen molar-refractivity contribution in [2.24, 2.45) is 0 Å². The lowest BCUT2D eigenvalue weighted by molar-refractivity contribution is 0.0727. The summed E-state index contributed by atoms with van der Waals surface area (Å²) in [6, 6.07) is 5.53. The van der Waals surface area contributed by atoms with Gasteiger partial charge in [-0.2, -0.15) is 0 Å². The first-order valence-corrected chi connectivity index (χ1v) is 6.03. The maximum atomic E-state index is 12.2. The van der Waals surface area contributed by atoms with E-state index in [2.05, 4.69) is 11.9 Å². The molecular formula is C12H15ClN2O. The normalized spacial score (nSPS) is 20.1. The number of carbonyl (C=O) groups excluding carboxylic acids is 1. The number of carbonyl (C=O) groups is 1. The fourth-order valence-corrected chi connectivity index (χ4v) is 2.37. The molecule has 0 radical (unpaired) electrons. The summed E-state index contributed by atoms with van der Waals surface area (Å²) in [5.41, 5.74) is 0.452. The molecule has 1 saturated heterocycles. The summed E-state index contributed by atoms with van der Waals surface area (Å²) < 4.78 is 0. The molecule has 3 nitrogen and oxygen atoms in total. The van der Waals surface area contributed by atoms with Crippen molar-refractivity contribution in [3.05, 3.63) is 29.0 Å². The summed E-state index contributed by atoms with van der Waals surface area (Å²) in [6.45, 7) is 2.95.